The summed E-state index contributed by atoms with van der Waals surface area (Å²) < 4.78 is 10.3. The number of para-hydroxylation sites is 1. The van der Waals surface area contributed by atoms with Gasteiger partial charge in [-0.15, -0.1) is 0 Å². The molecule has 0 radical (unpaired) electrons. The molecule has 0 fully saturated rings. The maximum atomic E-state index is 12.0. The Morgan fingerprint density at radius 1 is 1.04 bits per heavy atom. The Bertz CT molecular complexity index is 852. The van der Waals surface area contributed by atoms with E-state index < -0.39 is 11.8 Å². The molecule has 0 unspecified atom stereocenters. The number of hydrogen-bond donors (Lipinski definition) is 1. The van der Waals surface area contributed by atoms with Crippen molar-refractivity contribution in [2.24, 2.45) is 0 Å². The van der Waals surface area contributed by atoms with E-state index in [1.165, 1.54) is 13.3 Å². The van der Waals surface area contributed by atoms with E-state index in [-0.39, 0.29) is 5.56 Å². The van der Waals surface area contributed by atoms with Crippen molar-refractivity contribution in [2.75, 3.05) is 7.11 Å². The number of methoxy groups -OCH3 is 1. The van der Waals surface area contributed by atoms with Gasteiger partial charge in [0.05, 0.1) is 18.2 Å². The van der Waals surface area contributed by atoms with Crippen LogP contribution >= 0.6 is 0 Å². The highest BCUT2D eigenvalue weighted by atomic mass is 16.5. The van der Waals surface area contributed by atoms with Crippen LogP contribution in [0, 0.1) is 0 Å². The van der Waals surface area contributed by atoms with Crippen LogP contribution in [0.15, 0.2) is 54.7 Å². The smallest absolute Gasteiger partial charge is 0.379 e. The second-order valence-corrected chi connectivity index (χ2v) is 4.98. The van der Waals surface area contributed by atoms with Gasteiger partial charge in [0.25, 0.3) is 5.78 Å². The number of esters is 1. The highest BCUT2D eigenvalue weighted by Crippen LogP contribution is 2.28. The predicted octanol–water partition coefficient (Wildman–Crippen LogP) is 3.10. The number of H-pyrrole nitrogens is 1. The van der Waals surface area contributed by atoms with E-state index in [4.69, 9.17) is 4.74 Å². The van der Waals surface area contributed by atoms with Gasteiger partial charge in [-0.1, -0.05) is 42.5 Å². The molecular formula is C18H15NO4. The third-order valence-electron chi connectivity index (χ3n) is 3.53. The standard InChI is InChI=1S/C18H15NO4/c1-22-18(21)17(20)14-10-19-16-13(14)8-5-9-15(16)23-11-12-6-3-2-4-7-12/h2-10,19H,11H2,1H3. The topological polar surface area (TPSA) is 68.4 Å². The molecule has 0 aliphatic rings. The number of ketones is 1. The molecule has 0 atom stereocenters. The highest BCUT2D eigenvalue weighted by Gasteiger charge is 2.21. The number of aromatic nitrogens is 1. The van der Waals surface area contributed by atoms with E-state index in [1.54, 1.807) is 12.1 Å². The van der Waals surface area contributed by atoms with Gasteiger partial charge in [-0.3, -0.25) is 4.79 Å². The molecule has 0 spiro atoms. The molecule has 3 aromatic rings. The van der Waals surface area contributed by atoms with E-state index in [0.29, 0.717) is 23.3 Å². The summed E-state index contributed by atoms with van der Waals surface area (Å²) in [6.45, 7) is 0.416. The molecular weight excluding hydrogens is 294 g/mol. The first-order valence-corrected chi connectivity index (χ1v) is 7.10. The van der Waals surface area contributed by atoms with Crippen molar-refractivity contribution < 1.29 is 19.1 Å². The van der Waals surface area contributed by atoms with Crippen LogP contribution in [0.25, 0.3) is 10.9 Å². The molecule has 1 N–H and O–H groups in total. The highest BCUT2D eigenvalue weighted by molar-refractivity contribution is 6.43. The Kier molecular flexibility index (Phi) is 4.10. The number of Topliss-reactive ketones (excluding diaryl/α,β-unsaturated/α-hetero) is 1. The van der Waals surface area contributed by atoms with Crippen molar-refractivity contribution in [3.05, 3.63) is 65.9 Å². The van der Waals surface area contributed by atoms with Gasteiger partial charge in [0, 0.05) is 11.6 Å². The Morgan fingerprint density at radius 3 is 2.57 bits per heavy atom. The largest absolute Gasteiger partial charge is 0.487 e. The Balaban J connectivity index is 1.89. The average molecular weight is 309 g/mol. The number of rotatable bonds is 5. The van der Waals surface area contributed by atoms with Crippen molar-refractivity contribution in [1.82, 2.24) is 4.98 Å². The van der Waals surface area contributed by atoms with Gasteiger partial charge >= 0.3 is 5.97 Å². The van der Waals surface area contributed by atoms with Crippen LogP contribution in [0.5, 0.6) is 5.75 Å². The Hall–Kier alpha value is -3.08. The van der Waals surface area contributed by atoms with Crippen LogP contribution in [0.4, 0.5) is 0 Å². The number of carbonyl (C=O) groups is 2. The summed E-state index contributed by atoms with van der Waals surface area (Å²) in [7, 11) is 1.18. The van der Waals surface area contributed by atoms with Gasteiger partial charge in [-0.25, -0.2) is 4.79 Å². The third kappa shape index (κ3) is 2.94. The molecule has 0 amide bonds. The number of hydrogen-bond acceptors (Lipinski definition) is 4. The van der Waals surface area contributed by atoms with Crippen LogP contribution in [0.1, 0.15) is 15.9 Å². The molecule has 5 heteroatoms. The molecule has 0 saturated carbocycles. The maximum Gasteiger partial charge on any atom is 0.379 e. The zero-order valence-electron chi connectivity index (χ0n) is 12.5. The van der Waals surface area contributed by atoms with Gasteiger partial charge in [-0.05, 0) is 11.6 Å². The second kappa shape index (κ2) is 6.36. The zero-order valence-corrected chi connectivity index (χ0v) is 12.5. The molecule has 0 aliphatic carbocycles. The van der Waals surface area contributed by atoms with Gasteiger partial charge in [0.15, 0.2) is 0 Å². The summed E-state index contributed by atoms with van der Waals surface area (Å²) in [5.41, 5.74) is 2.00. The summed E-state index contributed by atoms with van der Waals surface area (Å²) in [6.07, 6.45) is 1.50. The van der Waals surface area contributed by atoms with Crippen molar-refractivity contribution in [2.45, 2.75) is 6.61 Å². The van der Waals surface area contributed by atoms with Gasteiger partial charge in [0.1, 0.15) is 12.4 Å². The van der Waals surface area contributed by atoms with E-state index in [9.17, 15) is 9.59 Å². The number of aromatic amines is 1. The molecule has 5 nitrogen and oxygen atoms in total. The van der Waals surface area contributed by atoms with E-state index >= 15 is 0 Å². The van der Waals surface area contributed by atoms with Crippen LogP contribution < -0.4 is 4.74 Å². The lowest BCUT2D eigenvalue weighted by Gasteiger charge is -2.07. The Morgan fingerprint density at radius 2 is 1.83 bits per heavy atom. The molecule has 3 rings (SSSR count). The summed E-state index contributed by atoms with van der Waals surface area (Å²) in [5.74, 6) is -0.948. The summed E-state index contributed by atoms with van der Waals surface area (Å²) in [5, 5.41) is 0.631. The van der Waals surface area contributed by atoms with Crippen LogP contribution in [-0.4, -0.2) is 23.8 Å². The fourth-order valence-electron chi connectivity index (χ4n) is 2.37. The summed E-state index contributed by atoms with van der Waals surface area (Å²) >= 11 is 0. The minimum absolute atomic E-state index is 0.275. The normalized spacial score (nSPS) is 10.5. The minimum Gasteiger partial charge on any atom is -0.487 e. The predicted molar refractivity (Wildman–Crippen MR) is 85.4 cm³/mol. The molecule has 2 aromatic carbocycles. The molecule has 0 aliphatic heterocycles. The maximum absolute atomic E-state index is 12.0. The van der Waals surface area contributed by atoms with Gasteiger partial charge in [-0.2, -0.15) is 0 Å². The quantitative estimate of drug-likeness (QED) is 0.447. The number of nitrogens with one attached hydrogen (secondary N) is 1. The average Bonchev–Trinajstić information content (AvgIpc) is 3.04. The van der Waals surface area contributed by atoms with Crippen LogP contribution in [0.3, 0.4) is 0 Å². The van der Waals surface area contributed by atoms with Gasteiger partial charge < -0.3 is 14.5 Å². The lowest BCUT2D eigenvalue weighted by Crippen LogP contribution is -2.15. The molecule has 1 aromatic heterocycles. The molecule has 23 heavy (non-hydrogen) atoms. The number of ether oxygens (including phenoxy) is 2. The van der Waals surface area contributed by atoms with E-state index in [1.807, 2.05) is 36.4 Å². The van der Waals surface area contributed by atoms with Crippen molar-refractivity contribution in [1.29, 1.82) is 0 Å². The molecule has 0 bridgehead atoms. The first-order valence-electron chi connectivity index (χ1n) is 7.10. The lowest BCUT2D eigenvalue weighted by molar-refractivity contribution is -0.135. The SMILES string of the molecule is COC(=O)C(=O)c1c[nH]c2c(OCc3ccccc3)cccc12. The zero-order chi connectivity index (χ0) is 16.2. The monoisotopic (exact) mass is 309 g/mol. The van der Waals surface area contributed by atoms with Crippen molar-refractivity contribution >= 4 is 22.7 Å². The fraction of sp³-hybridized carbons (Fsp3) is 0.111. The van der Waals surface area contributed by atoms with Crippen molar-refractivity contribution in [3.63, 3.8) is 0 Å². The van der Waals surface area contributed by atoms with E-state index in [2.05, 4.69) is 9.72 Å². The Labute approximate surface area is 132 Å². The third-order valence-corrected chi connectivity index (χ3v) is 3.53. The summed E-state index contributed by atoms with van der Waals surface area (Å²) in [6, 6.07) is 15.1. The lowest BCUT2D eigenvalue weighted by atomic mass is 10.1. The fourth-order valence-corrected chi connectivity index (χ4v) is 2.37. The minimum atomic E-state index is -0.887. The van der Waals surface area contributed by atoms with Crippen LogP contribution in [-0.2, 0) is 16.1 Å². The van der Waals surface area contributed by atoms with Gasteiger partial charge in [0.2, 0.25) is 0 Å². The first kappa shape index (κ1) is 14.8. The molecule has 116 valence electrons. The summed E-state index contributed by atoms with van der Waals surface area (Å²) in [4.78, 5) is 26.4. The number of benzene rings is 2. The molecule has 1 heterocycles. The van der Waals surface area contributed by atoms with Crippen molar-refractivity contribution in [3.8, 4) is 5.75 Å². The molecule has 0 saturated heterocycles. The van der Waals surface area contributed by atoms with E-state index in [0.717, 1.165) is 5.56 Å². The number of fused-ring (bicyclic) bond motifs is 1. The number of carbonyl (C=O) groups excluding carboxylic acids is 2. The first-order chi connectivity index (χ1) is 11.2. The van der Waals surface area contributed by atoms with Crippen LogP contribution in [0.2, 0.25) is 0 Å². The second-order valence-electron chi connectivity index (χ2n) is 4.98.